The fourth-order valence-electron chi connectivity index (χ4n) is 2.23. The highest BCUT2D eigenvalue weighted by molar-refractivity contribution is 6.33. The smallest absolute Gasteiger partial charge is 0.243 e. The predicted molar refractivity (Wildman–Crippen MR) is 73.7 cm³/mol. The molecule has 1 saturated carbocycles. The van der Waals surface area contributed by atoms with Crippen LogP contribution in [0.15, 0.2) is 23.3 Å². The van der Waals surface area contributed by atoms with Gasteiger partial charge < -0.3 is 0 Å². The number of hydrogen-bond acceptors (Lipinski definition) is 2. The van der Waals surface area contributed by atoms with Crippen molar-refractivity contribution in [1.29, 1.82) is 0 Å². The van der Waals surface area contributed by atoms with Gasteiger partial charge in [0.05, 0.1) is 11.2 Å². The summed E-state index contributed by atoms with van der Waals surface area (Å²) in [6.07, 6.45) is 6.70. The number of halogens is 2. The molecule has 0 spiro atoms. The molecule has 0 radical (unpaired) electrons. The van der Waals surface area contributed by atoms with Gasteiger partial charge >= 0.3 is 0 Å². The molecule has 19 heavy (non-hydrogen) atoms. The highest BCUT2D eigenvalue weighted by Gasteiger charge is 2.20. The number of amides is 1. The van der Waals surface area contributed by atoms with Crippen LogP contribution >= 0.6 is 11.6 Å². The Balaban J connectivity index is 1.90. The van der Waals surface area contributed by atoms with E-state index in [1.165, 1.54) is 30.8 Å². The van der Waals surface area contributed by atoms with Crippen LogP contribution in [0.5, 0.6) is 0 Å². The molecule has 1 aliphatic carbocycles. The van der Waals surface area contributed by atoms with Gasteiger partial charge in [-0.25, -0.2) is 9.82 Å². The Morgan fingerprint density at radius 2 is 2.11 bits per heavy atom. The Bertz CT molecular complexity index is 484. The zero-order chi connectivity index (χ0) is 13.7. The van der Waals surface area contributed by atoms with Crippen LogP contribution in [0.2, 0.25) is 5.02 Å². The van der Waals surface area contributed by atoms with Crippen molar-refractivity contribution in [3.63, 3.8) is 0 Å². The molecular formula is C14H16ClFN2O. The Morgan fingerprint density at radius 3 is 2.79 bits per heavy atom. The lowest BCUT2D eigenvalue weighted by atomic mass is 9.89. The number of benzene rings is 1. The summed E-state index contributed by atoms with van der Waals surface area (Å²) in [4.78, 5) is 11.8. The first-order valence-corrected chi connectivity index (χ1v) is 6.82. The molecule has 1 aromatic carbocycles. The van der Waals surface area contributed by atoms with Crippen molar-refractivity contribution in [2.24, 2.45) is 11.0 Å². The Labute approximate surface area is 116 Å². The Kier molecular flexibility index (Phi) is 4.91. The molecule has 1 aliphatic rings. The molecule has 0 aromatic heterocycles. The molecule has 0 bridgehead atoms. The van der Waals surface area contributed by atoms with Crippen molar-refractivity contribution >= 4 is 23.7 Å². The van der Waals surface area contributed by atoms with Crippen LogP contribution < -0.4 is 5.43 Å². The average Bonchev–Trinajstić information content (AvgIpc) is 2.42. The van der Waals surface area contributed by atoms with Crippen LogP contribution in [0.1, 0.15) is 37.7 Å². The van der Waals surface area contributed by atoms with Crippen LogP contribution in [-0.2, 0) is 4.79 Å². The monoisotopic (exact) mass is 282 g/mol. The molecule has 1 fully saturated rings. The van der Waals surface area contributed by atoms with Gasteiger partial charge in [-0.05, 0) is 31.0 Å². The molecule has 3 nitrogen and oxygen atoms in total. The lowest BCUT2D eigenvalue weighted by Crippen LogP contribution is -2.28. The third-order valence-electron chi connectivity index (χ3n) is 3.32. The fourth-order valence-corrected chi connectivity index (χ4v) is 2.44. The van der Waals surface area contributed by atoms with E-state index in [9.17, 15) is 9.18 Å². The summed E-state index contributed by atoms with van der Waals surface area (Å²) in [5.74, 6) is -0.378. The highest BCUT2D eigenvalue weighted by atomic mass is 35.5. The van der Waals surface area contributed by atoms with E-state index in [2.05, 4.69) is 10.5 Å². The van der Waals surface area contributed by atoms with E-state index < -0.39 is 5.82 Å². The maximum Gasteiger partial charge on any atom is 0.243 e. The van der Waals surface area contributed by atoms with Gasteiger partial charge in [0.1, 0.15) is 5.82 Å². The first-order chi connectivity index (χ1) is 9.16. The summed E-state index contributed by atoms with van der Waals surface area (Å²) in [6.45, 7) is 0. The van der Waals surface area contributed by atoms with Gasteiger partial charge in [-0.1, -0.05) is 30.9 Å². The molecule has 1 amide bonds. The van der Waals surface area contributed by atoms with Crippen LogP contribution in [0.4, 0.5) is 4.39 Å². The number of hydrogen-bond donors (Lipinski definition) is 1. The topological polar surface area (TPSA) is 41.5 Å². The average molecular weight is 283 g/mol. The number of nitrogens with zero attached hydrogens (tertiary/aromatic N) is 1. The molecule has 1 N–H and O–H groups in total. The van der Waals surface area contributed by atoms with Crippen molar-refractivity contribution in [3.8, 4) is 0 Å². The molecule has 102 valence electrons. The van der Waals surface area contributed by atoms with Crippen molar-refractivity contribution in [2.45, 2.75) is 32.1 Å². The van der Waals surface area contributed by atoms with E-state index in [0.29, 0.717) is 5.56 Å². The van der Waals surface area contributed by atoms with Crippen molar-refractivity contribution in [1.82, 2.24) is 5.43 Å². The summed E-state index contributed by atoms with van der Waals surface area (Å²) in [6, 6.07) is 4.04. The van der Waals surface area contributed by atoms with Gasteiger partial charge in [-0.3, -0.25) is 4.79 Å². The quantitative estimate of drug-likeness (QED) is 0.669. The number of carbonyl (C=O) groups is 1. The maximum atomic E-state index is 12.8. The molecule has 0 saturated heterocycles. The van der Waals surface area contributed by atoms with Crippen LogP contribution in [0.25, 0.3) is 0 Å². The second-order valence-corrected chi connectivity index (χ2v) is 5.14. The van der Waals surface area contributed by atoms with Crippen molar-refractivity contribution in [2.75, 3.05) is 0 Å². The molecule has 0 aliphatic heterocycles. The largest absolute Gasteiger partial charge is 0.273 e. The molecule has 1 aromatic rings. The van der Waals surface area contributed by atoms with Gasteiger partial charge in [0.15, 0.2) is 0 Å². The van der Waals surface area contributed by atoms with Crippen molar-refractivity contribution in [3.05, 3.63) is 34.6 Å². The van der Waals surface area contributed by atoms with Gasteiger partial charge in [0.2, 0.25) is 5.91 Å². The molecule has 0 heterocycles. The first kappa shape index (κ1) is 14.0. The van der Waals surface area contributed by atoms with Gasteiger partial charge in [-0.15, -0.1) is 0 Å². The van der Waals surface area contributed by atoms with Crippen molar-refractivity contribution < 1.29 is 9.18 Å². The molecular weight excluding hydrogens is 267 g/mol. The van der Waals surface area contributed by atoms with Crippen LogP contribution in [-0.4, -0.2) is 12.1 Å². The summed E-state index contributed by atoms with van der Waals surface area (Å²) in [7, 11) is 0. The zero-order valence-electron chi connectivity index (χ0n) is 10.5. The number of nitrogens with one attached hydrogen (secondary N) is 1. The summed E-state index contributed by atoms with van der Waals surface area (Å²) in [5.41, 5.74) is 3.10. The van der Waals surface area contributed by atoms with E-state index in [-0.39, 0.29) is 16.8 Å². The second kappa shape index (κ2) is 6.66. The minimum absolute atomic E-state index is 0.0471. The Morgan fingerprint density at radius 1 is 1.37 bits per heavy atom. The first-order valence-electron chi connectivity index (χ1n) is 6.45. The third kappa shape index (κ3) is 4.03. The lowest BCUT2D eigenvalue weighted by Gasteiger charge is -2.19. The number of rotatable bonds is 3. The summed E-state index contributed by atoms with van der Waals surface area (Å²) in [5, 5.41) is 4.15. The standard InChI is InChI=1S/C14H16ClFN2O/c15-13-8-12(16)7-6-11(13)9-17-18-14(19)10-4-2-1-3-5-10/h6-10H,1-5H2,(H,18,19). The van der Waals surface area contributed by atoms with Crippen LogP contribution in [0.3, 0.4) is 0 Å². The maximum absolute atomic E-state index is 12.8. The number of hydrazone groups is 1. The molecule has 0 unspecified atom stereocenters. The van der Waals surface area contributed by atoms with E-state index in [0.717, 1.165) is 25.7 Å². The lowest BCUT2D eigenvalue weighted by molar-refractivity contribution is -0.125. The minimum atomic E-state index is -0.395. The summed E-state index contributed by atoms with van der Waals surface area (Å²) >= 11 is 5.85. The third-order valence-corrected chi connectivity index (χ3v) is 3.64. The van der Waals surface area contributed by atoms with E-state index in [1.54, 1.807) is 0 Å². The van der Waals surface area contributed by atoms with E-state index >= 15 is 0 Å². The van der Waals surface area contributed by atoms with E-state index in [4.69, 9.17) is 11.6 Å². The molecule has 0 atom stereocenters. The predicted octanol–water partition coefficient (Wildman–Crippen LogP) is 3.51. The van der Waals surface area contributed by atoms with Gasteiger partial charge in [-0.2, -0.15) is 5.10 Å². The molecule has 5 heteroatoms. The van der Waals surface area contributed by atoms with Gasteiger partial charge in [0, 0.05) is 11.5 Å². The van der Waals surface area contributed by atoms with E-state index in [1.807, 2.05) is 0 Å². The zero-order valence-corrected chi connectivity index (χ0v) is 11.3. The van der Waals surface area contributed by atoms with Crippen LogP contribution in [0, 0.1) is 11.7 Å². The SMILES string of the molecule is O=C(NN=Cc1ccc(F)cc1Cl)C1CCCCC1. The summed E-state index contributed by atoms with van der Waals surface area (Å²) < 4.78 is 12.8. The normalized spacial score (nSPS) is 16.7. The van der Waals surface area contributed by atoms with Gasteiger partial charge in [0.25, 0.3) is 0 Å². The fraction of sp³-hybridized carbons (Fsp3) is 0.429. The highest BCUT2D eigenvalue weighted by Crippen LogP contribution is 2.23. The molecule has 2 rings (SSSR count). The second-order valence-electron chi connectivity index (χ2n) is 4.74. The Hall–Kier alpha value is -1.42. The number of carbonyl (C=O) groups excluding carboxylic acids is 1. The minimum Gasteiger partial charge on any atom is -0.273 e.